The van der Waals surface area contributed by atoms with E-state index in [4.69, 9.17) is 9.05 Å². The molecule has 0 saturated heterocycles. The van der Waals surface area contributed by atoms with Gasteiger partial charge in [-0.3, -0.25) is 9.55 Å². The summed E-state index contributed by atoms with van der Waals surface area (Å²) in [6.45, 7) is 4.77. The molecule has 0 radical (unpaired) electrons. The molecule has 5 nitrogen and oxygen atoms in total. The van der Waals surface area contributed by atoms with Gasteiger partial charge in [0.25, 0.3) is 0 Å². The van der Waals surface area contributed by atoms with Gasteiger partial charge in [0.05, 0.1) is 35.9 Å². The van der Waals surface area contributed by atoms with Gasteiger partial charge in [-0.05, 0) is 43.2 Å². The number of halogens is 1. The van der Waals surface area contributed by atoms with Crippen LogP contribution in [0.15, 0.2) is 60.8 Å². The number of fused-ring (bicyclic) bond motifs is 3. The smallest absolute Gasteiger partial charge is 0.332 e. The van der Waals surface area contributed by atoms with Gasteiger partial charge in [-0.2, -0.15) is 0 Å². The Balaban J connectivity index is 1.65. The molecule has 0 bridgehead atoms. The lowest BCUT2D eigenvalue weighted by molar-refractivity contribution is 0.219. The molecule has 0 saturated carbocycles. The van der Waals surface area contributed by atoms with Gasteiger partial charge in [0, 0.05) is 18.1 Å². The van der Waals surface area contributed by atoms with Crippen molar-refractivity contribution >= 4 is 29.5 Å². The van der Waals surface area contributed by atoms with Gasteiger partial charge >= 0.3 is 7.60 Å². The van der Waals surface area contributed by atoms with Crippen LogP contribution >= 0.6 is 7.60 Å². The van der Waals surface area contributed by atoms with Crippen LogP contribution in [0.2, 0.25) is 0 Å². The molecule has 0 fully saturated rings. The lowest BCUT2D eigenvalue weighted by Crippen LogP contribution is -2.02. The molecule has 0 aliphatic heterocycles. The van der Waals surface area contributed by atoms with Crippen LogP contribution in [0.5, 0.6) is 0 Å². The predicted octanol–water partition coefficient (Wildman–Crippen LogP) is 6.14. The van der Waals surface area contributed by atoms with Gasteiger partial charge in [0.2, 0.25) is 0 Å². The summed E-state index contributed by atoms with van der Waals surface area (Å²) in [5, 5.41) is 0.802. The fourth-order valence-corrected chi connectivity index (χ4v) is 5.47. The predicted molar refractivity (Wildman–Crippen MR) is 117 cm³/mol. The fourth-order valence-electron chi connectivity index (χ4n) is 3.77. The zero-order chi connectivity index (χ0) is 21.1. The molecule has 0 aliphatic rings. The van der Waals surface area contributed by atoms with Crippen molar-refractivity contribution < 1.29 is 18.0 Å². The van der Waals surface area contributed by atoms with Crippen molar-refractivity contribution in [3.8, 4) is 0 Å². The SMILES string of the molecule is CCOP(=O)(Cc1ccc(Cn2c3cccnc3c3cccc(F)c32)cc1)OCC. The molecular formula is C23H24FN2O3P. The van der Waals surface area contributed by atoms with Crippen LogP contribution in [-0.4, -0.2) is 22.8 Å². The van der Waals surface area contributed by atoms with E-state index in [2.05, 4.69) is 4.98 Å². The first-order valence-electron chi connectivity index (χ1n) is 10.0. The molecule has 0 amide bonds. The summed E-state index contributed by atoms with van der Waals surface area (Å²) in [6.07, 6.45) is 1.95. The summed E-state index contributed by atoms with van der Waals surface area (Å²) in [5.41, 5.74) is 4.11. The molecule has 0 N–H and O–H groups in total. The maximum Gasteiger partial charge on any atom is 0.335 e. The van der Waals surface area contributed by atoms with Gasteiger partial charge < -0.3 is 13.6 Å². The Kier molecular flexibility index (Phi) is 6.00. The maximum absolute atomic E-state index is 14.7. The van der Waals surface area contributed by atoms with Crippen molar-refractivity contribution in [2.45, 2.75) is 26.6 Å². The third kappa shape index (κ3) is 4.04. The zero-order valence-electron chi connectivity index (χ0n) is 17.0. The first-order valence-corrected chi connectivity index (χ1v) is 11.7. The van der Waals surface area contributed by atoms with Crippen molar-refractivity contribution in [2.75, 3.05) is 13.2 Å². The summed E-state index contributed by atoms with van der Waals surface area (Å²) in [5.74, 6) is -0.267. The topological polar surface area (TPSA) is 53.4 Å². The molecule has 4 rings (SSSR count). The van der Waals surface area contributed by atoms with Gasteiger partial charge in [-0.1, -0.05) is 36.4 Å². The number of rotatable bonds is 8. The van der Waals surface area contributed by atoms with E-state index >= 15 is 0 Å². The van der Waals surface area contributed by atoms with Crippen molar-refractivity contribution in [1.29, 1.82) is 0 Å². The molecule has 7 heteroatoms. The van der Waals surface area contributed by atoms with Crippen LogP contribution in [0.25, 0.3) is 21.9 Å². The summed E-state index contributed by atoms with van der Waals surface area (Å²) < 4.78 is 40.1. The molecule has 0 atom stereocenters. The lowest BCUT2D eigenvalue weighted by Gasteiger charge is -2.17. The first-order chi connectivity index (χ1) is 14.5. The van der Waals surface area contributed by atoms with E-state index < -0.39 is 7.60 Å². The van der Waals surface area contributed by atoms with Crippen LogP contribution in [0.4, 0.5) is 4.39 Å². The summed E-state index contributed by atoms with van der Waals surface area (Å²) >= 11 is 0. The summed E-state index contributed by atoms with van der Waals surface area (Å²) in [7, 11) is -3.15. The molecule has 2 aromatic heterocycles. The minimum absolute atomic E-state index is 0.225. The largest absolute Gasteiger partial charge is 0.335 e. The highest BCUT2D eigenvalue weighted by Crippen LogP contribution is 2.51. The highest BCUT2D eigenvalue weighted by Gasteiger charge is 2.24. The number of hydrogen-bond acceptors (Lipinski definition) is 4. The Labute approximate surface area is 175 Å². The average Bonchev–Trinajstić information content (AvgIpc) is 3.05. The third-order valence-electron chi connectivity index (χ3n) is 4.98. The minimum Gasteiger partial charge on any atom is -0.332 e. The number of para-hydroxylation sites is 1. The Morgan fingerprint density at radius 1 is 0.967 bits per heavy atom. The second-order valence-electron chi connectivity index (χ2n) is 7.01. The lowest BCUT2D eigenvalue weighted by atomic mass is 10.1. The summed E-state index contributed by atoms with van der Waals surface area (Å²) in [4.78, 5) is 4.46. The number of nitrogens with zero attached hydrogens (tertiary/aromatic N) is 2. The zero-order valence-corrected chi connectivity index (χ0v) is 17.9. The van der Waals surface area contributed by atoms with Crippen LogP contribution in [0.3, 0.4) is 0 Å². The molecule has 0 aliphatic carbocycles. The first kappa shape index (κ1) is 20.7. The van der Waals surface area contributed by atoms with E-state index in [0.29, 0.717) is 25.3 Å². The molecule has 4 aromatic rings. The van der Waals surface area contributed by atoms with E-state index in [0.717, 1.165) is 27.5 Å². The molecule has 0 unspecified atom stereocenters. The number of benzene rings is 2. The van der Waals surface area contributed by atoms with E-state index in [-0.39, 0.29) is 12.0 Å². The highest BCUT2D eigenvalue weighted by molar-refractivity contribution is 7.53. The van der Waals surface area contributed by atoms with Crippen LogP contribution < -0.4 is 0 Å². The Hall–Kier alpha value is -2.53. The minimum atomic E-state index is -3.15. The molecule has 2 aromatic carbocycles. The third-order valence-corrected chi connectivity index (χ3v) is 7.04. The van der Waals surface area contributed by atoms with Crippen molar-refractivity contribution in [3.63, 3.8) is 0 Å². The van der Waals surface area contributed by atoms with Crippen LogP contribution in [0.1, 0.15) is 25.0 Å². The normalized spacial score (nSPS) is 12.1. The molecular weight excluding hydrogens is 402 g/mol. The van der Waals surface area contributed by atoms with Gasteiger partial charge in [-0.15, -0.1) is 0 Å². The average molecular weight is 426 g/mol. The van der Waals surface area contributed by atoms with Gasteiger partial charge in [0.1, 0.15) is 5.82 Å². The fraction of sp³-hybridized carbons (Fsp3) is 0.261. The van der Waals surface area contributed by atoms with E-state index in [1.165, 1.54) is 6.07 Å². The Morgan fingerprint density at radius 2 is 1.67 bits per heavy atom. The standard InChI is InChI=1S/C23H24FN2O3P/c1-3-28-30(27,29-4-2)16-18-12-10-17(11-13-18)15-26-21-9-6-14-25-22(21)19-7-5-8-20(24)23(19)26/h5-14H,3-4,15-16H2,1-2H3. The second kappa shape index (κ2) is 8.68. The quantitative estimate of drug-likeness (QED) is 0.318. The molecule has 0 spiro atoms. The number of pyridine rings is 1. The number of hydrogen-bond donors (Lipinski definition) is 0. The van der Waals surface area contributed by atoms with E-state index in [1.807, 2.05) is 47.0 Å². The number of aromatic nitrogens is 2. The molecule has 156 valence electrons. The summed E-state index contributed by atoms with van der Waals surface area (Å²) in [6, 6.07) is 16.7. The van der Waals surface area contributed by atoms with Crippen molar-refractivity contribution in [3.05, 3.63) is 77.7 Å². The Morgan fingerprint density at radius 3 is 2.37 bits per heavy atom. The highest BCUT2D eigenvalue weighted by atomic mass is 31.2. The van der Waals surface area contributed by atoms with Crippen molar-refractivity contribution in [1.82, 2.24) is 9.55 Å². The van der Waals surface area contributed by atoms with Gasteiger partial charge in [-0.25, -0.2) is 4.39 Å². The van der Waals surface area contributed by atoms with Gasteiger partial charge in [0.15, 0.2) is 0 Å². The monoisotopic (exact) mass is 426 g/mol. The molecule has 30 heavy (non-hydrogen) atoms. The second-order valence-corrected chi connectivity index (χ2v) is 9.07. The molecule has 2 heterocycles. The van der Waals surface area contributed by atoms with Crippen LogP contribution in [-0.2, 0) is 26.3 Å². The van der Waals surface area contributed by atoms with Crippen LogP contribution in [0, 0.1) is 5.82 Å². The van der Waals surface area contributed by atoms with E-state index in [1.54, 1.807) is 26.1 Å². The maximum atomic E-state index is 14.7. The van der Waals surface area contributed by atoms with Crippen molar-refractivity contribution in [2.24, 2.45) is 0 Å². The Bertz CT molecular complexity index is 1210. The van der Waals surface area contributed by atoms with E-state index in [9.17, 15) is 8.96 Å².